The highest BCUT2D eigenvalue weighted by molar-refractivity contribution is 5.76. The van der Waals surface area contributed by atoms with Crippen LogP contribution < -0.4 is 0 Å². The first kappa shape index (κ1) is 11.9. The largest absolute Gasteiger partial charge is 0.468 e. The van der Waals surface area contributed by atoms with E-state index in [9.17, 15) is 14.0 Å². The molecular weight excluding hydrogens is 211 g/mol. The lowest BCUT2D eigenvalue weighted by molar-refractivity contribution is -0.139. The van der Waals surface area contributed by atoms with E-state index in [0.717, 1.165) is 0 Å². The molecule has 0 amide bonds. The maximum Gasteiger partial charge on any atom is 0.317 e. The topological polar surface area (TPSA) is 43.4 Å². The second-order valence-electron chi connectivity index (χ2n) is 2.88. The molecule has 0 aliphatic rings. The monoisotopic (exact) mass is 220 g/mol. The molecule has 0 N–H and O–H groups in total. The van der Waals surface area contributed by atoms with E-state index in [0.29, 0.717) is 6.29 Å². The van der Waals surface area contributed by atoms with Crippen molar-refractivity contribution in [3.8, 4) is 11.8 Å². The number of halogens is 1. The molecule has 82 valence electrons. The molecule has 3 nitrogen and oxygen atoms in total. The van der Waals surface area contributed by atoms with Crippen LogP contribution in [-0.2, 0) is 9.53 Å². The molecule has 0 saturated carbocycles. The first-order valence-corrected chi connectivity index (χ1v) is 4.48. The molecule has 0 heterocycles. The van der Waals surface area contributed by atoms with Crippen LogP contribution in [0.4, 0.5) is 4.39 Å². The van der Waals surface area contributed by atoms with Gasteiger partial charge in [0.25, 0.3) is 0 Å². The number of ether oxygens (including phenoxy) is 1. The maximum atomic E-state index is 13.4. The Morgan fingerprint density at radius 1 is 1.56 bits per heavy atom. The summed E-state index contributed by atoms with van der Waals surface area (Å²) in [5.41, 5.74) is 0.0402. The fraction of sp³-hybridized carbons (Fsp3) is 0.167. The van der Waals surface area contributed by atoms with Crippen molar-refractivity contribution in [3.63, 3.8) is 0 Å². The number of methoxy groups -OCH3 is 1. The average molecular weight is 220 g/mol. The van der Waals surface area contributed by atoms with Crippen LogP contribution in [0.25, 0.3) is 0 Å². The Hall–Kier alpha value is -2.15. The molecule has 0 aliphatic heterocycles. The highest BCUT2D eigenvalue weighted by atomic mass is 19.1. The molecule has 0 bridgehead atoms. The molecular formula is C12H9FO3. The molecule has 0 saturated heterocycles. The lowest BCUT2D eigenvalue weighted by atomic mass is 10.1. The summed E-state index contributed by atoms with van der Waals surface area (Å²) >= 11 is 0. The summed E-state index contributed by atoms with van der Waals surface area (Å²) in [6.07, 6.45) is 0.308. The Morgan fingerprint density at radius 2 is 2.31 bits per heavy atom. The first-order valence-electron chi connectivity index (χ1n) is 4.48. The second kappa shape index (κ2) is 5.66. The van der Waals surface area contributed by atoms with E-state index in [1.807, 2.05) is 0 Å². The van der Waals surface area contributed by atoms with Crippen LogP contribution in [0.3, 0.4) is 0 Å². The molecule has 0 radical (unpaired) electrons. The van der Waals surface area contributed by atoms with E-state index < -0.39 is 11.8 Å². The zero-order chi connectivity index (χ0) is 12.0. The molecule has 16 heavy (non-hydrogen) atoms. The van der Waals surface area contributed by atoms with Gasteiger partial charge in [-0.3, -0.25) is 9.59 Å². The van der Waals surface area contributed by atoms with Crippen molar-refractivity contribution in [3.05, 3.63) is 35.1 Å². The van der Waals surface area contributed by atoms with Crippen molar-refractivity contribution in [2.45, 2.75) is 6.42 Å². The smallest absolute Gasteiger partial charge is 0.317 e. The standard InChI is InChI=1S/C12H9FO3/c1-16-11(15)7-3-5-9-4-2-6-10(8-14)12(9)13/h2,4,6,8H,7H2,1H3. The van der Waals surface area contributed by atoms with Crippen molar-refractivity contribution in [1.82, 2.24) is 0 Å². The lowest BCUT2D eigenvalue weighted by Gasteiger charge is -1.96. The summed E-state index contributed by atoms with van der Waals surface area (Å²) in [6, 6.07) is 4.31. The van der Waals surface area contributed by atoms with Gasteiger partial charge in [0.05, 0.1) is 18.2 Å². The van der Waals surface area contributed by atoms with Crippen LogP contribution in [0.1, 0.15) is 22.3 Å². The Labute approximate surface area is 92.2 Å². The highest BCUT2D eigenvalue weighted by Crippen LogP contribution is 2.09. The molecule has 0 fully saturated rings. The van der Waals surface area contributed by atoms with Crippen molar-refractivity contribution in [2.24, 2.45) is 0 Å². The fourth-order valence-electron chi connectivity index (χ4n) is 1.02. The molecule has 1 rings (SSSR count). The van der Waals surface area contributed by atoms with Crippen LogP contribution >= 0.6 is 0 Å². The number of rotatable bonds is 2. The summed E-state index contributed by atoms with van der Waals surface area (Å²) in [7, 11) is 1.25. The lowest BCUT2D eigenvalue weighted by Crippen LogP contribution is -1.97. The van der Waals surface area contributed by atoms with E-state index in [1.54, 1.807) is 0 Å². The molecule has 0 atom stereocenters. The highest BCUT2D eigenvalue weighted by Gasteiger charge is 2.04. The third-order valence-electron chi connectivity index (χ3n) is 1.84. The molecule has 0 aromatic heterocycles. The minimum atomic E-state index is -0.671. The van der Waals surface area contributed by atoms with E-state index in [1.165, 1.54) is 25.3 Å². The van der Waals surface area contributed by atoms with E-state index in [-0.39, 0.29) is 17.5 Å². The summed E-state index contributed by atoms with van der Waals surface area (Å²) in [5, 5.41) is 0. The Bertz CT molecular complexity index is 469. The van der Waals surface area contributed by atoms with Gasteiger partial charge in [0.2, 0.25) is 0 Å². The minimum Gasteiger partial charge on any atom is -0.468 e. The van der Waals surface area contributed by atoms with Gasteiger partial charge >= 0.3 is 5.97 Å². The van der Waals surface area contributed by atoms with Crippen molar-refractivity contribution >= 4 is 12.3 Å². The normalized spacial score (nSPS) is 8.88. The summed E-state index contributed by atoms with van der Waals surface area (Å²) in [6.45, 7) is 0. The molecule has 1 aromatic carbocycles. The maximum absolute atomic E-state index is 13.4. The van der Waals surface area contributed by atoms with Crippen molar-refractivity contribution in [2.75, 3.05) is 7.11 Å². The van der Waals surface area contributed by atoms with Gasteiger partial charge in [-0.1, -0.05) is 17.9 Å². The van der Waals surface area contributed by atoms with Gasteiger partial charge in [-0.2, -0.15) is 0 Å². The molecule has 4 heteroatoms. The SMILES string of the molecule is COC(=O)CC#Cc1cccc(C=O)c1F. The van der Waals surface area contributed by atoms with Gasteiger partial charge in [0, 0.05) is 0 Å². The van der Waals surface area contributed by atoms with Crippen molar-refractivity contribution in [1.29, 1.82) is 0 Å². The second-order valence-corrected chi connectivity index (χ2v) is 2.88. The van der Waals surface area contributed by atoms with Crippen molar-refractivity contribution < 1.29 is 18.7 Å². The number of aldehydes is 1. The summed E-state index contributed by atoms with van der Waals surface area (Å²) in [4.78, 5) is 21.2. The van der Waals surface area contributed by atoms with Crippen LogP contribution in [0, 0.1) is 17.7 Å². The van der Waals surface area contributed by atoms with Crippen LogP contribution in [0.15, 0.2) is 18.2 Å². The zero-order valence-electron chi connectivity index (χ0n) is 8.62. The van der Waals surface area contributed by atoms with Gasteiger partial charge < -0.3 is 4.74 Å². The number of hydrogen-bond donors (Lipinski definition) is 0. The van der Waals surface area contributed by atoms with Gasteiger partial charge in [-0.15, -0.1) is 0 Å². The minimum absolute atomic E-state index is 0.0510. The predicted octanol–water partition coefficient (Wildman–Crippen LogP) is 1.55. The van der Waals surface area contributed by atoms with Gasteiger partial charge in [0.15, 0.2) is 6.29 Å². The molecule has 0 spiro atoms. The van der Waals surface area contributed by atoms with Gasteiger partial charge in [0.1, 0.15) is 12.2 Å². The van der Waals surface area contributed by atoms with Gasteiger partial charge in [-0.05, 0) is 12.1 Å². The van der Waals surface area contributed by atoms with Crippen LogP contribution in [-0.4, -0.2) is 19.4 Å². The number of benzene rings is 1. The molecule has 0 aliphatic carbocycles. The van der Waals surface area contributed by atoms with Crippen LogP contribution in [0.2, 0.25) is 0 Å². The zero-order valence-corrected chi connectivity index (χ0v) is 8.62. The summed E-state index contributed by atoms with van der Waals surface area (Å²) < 4.78 is 17.8. The molecule has 0 unspecified atom stereocenters. The van der Waals surface area contributed by atoms with Gasteiger partial charge in [-0.25, -0.2) is 4.39 Å². The fourth-order valence-corrected chi connectivity index (χ4v) is 1.02. The van der Waals surface area contributed by atoms with Crippen LogP contribution in [0.5, 0.6) is 0 Å². The number of carbonyl (C=O) groups excluding carboxylic acids is 2. The Morgan fingerprint density at radius 3 is 2.94 bits per heavy atom. The molecule has 1 aromatic rings. The number of hydrogen-bond acceptors (Lipinski definition) is 3. The third kappa shape index (κ3) is 2.92. The Kier molecular flexibility index (Phi) is 4.22. The predicted molar refractivity (Wildman–Crippen MR) is 55.3 cm³/mol. The average Bonchev–Trinajstić information content (AvgIpc) is 2.31. The van der Waals surface area contributed by atoms with E-state index >= 15 is 0 Å². The first-order chi connectivity index (χ1) is 7.69. The number of esters is 1. The summed E-state index contributed by atoms with van der Waals surface area (Å²) in [5.74, 6) is 3.77. The van der Waals surface area contributed by atoms with E-state index in [2.05, 4.69) is 16.6 Å². The Balaban J connectivity index is 2.89. The van der Waals surface area contributed by atoms with E-state index in [4.69, 9.17) is 0 Å². The number of carbonyl (C=O) groups is 2. The quantitative estimate of drug-likeness (QED) is 0.431. The third-order valence-corrected chi connectivity index (χ3v) is 1.84.